The molecule has 0 bridgehead atoms. The van der Waals surface area contributed by atoms with Crippen LogP contribution in [0.4, 0.5) is 0 Å². The maximum absolute atomic E-state index is 10.6. The van der Waals surface area contributed by atoms with E-state index in [0.717, 1.165) is 46.2 Å². The summed E-state index contributed by atoms with van der Waals surface area (Å²) in [5.74, 6) is 1.14. The Bertz CT molecular complexity index is 1440. The van der Waals surface area contributed by atoms with Crippen molar-refractivity contribution in [2.45, 2.75) is 53.6 Å². The van der Waals surface area contributed by atoms with Gasteiger partial charge in [0.1, 0.15) is 0 Å². The fourth-order valence-corrected chi connectivity index (χ4v) is 4.86. The maximum Gasteiger partial charge on any atom is 0.166 e. The summed E-state index contributed by atoms with van der Waals surface area (Å²) in [6.45, 7) is 10.3. The van der Waals surface area contributed by atoms with Crippen LogP contribution in [0.3, 0.4) is 0 Å². The first kappa shape index (κ1) is 30.4. The number of para-hydroxylation sites is 2. The number of aromatic hydroxyl groups is 2. The largest absolute Gasteiger partial charge is 0.504 e. The first-order chi connectivity index (χ1) is 20.4. The van der Waals surface area contributed by atoms with Crippen LogP contribution in [0.5, 0.6) is 23.0 Å². The minimum absolute atomic E-state index is 0.103. The fourth-order valence-electron chi connectivity index (χ4n) is 4.86. The average Bonchev–Trinajstić information content (AvgIpc) is 2.98. The molecule has 0 aliphatic rings. The van der Waals surface area contributed by atoms with Gasteiger partial charge in [-0.25, -0.2) is 0 Å². The second-order valence-electron chi connectivity index (χ2n) is 10.2. The highest BCUT2D eigenvalue weighted by Crippen LogP contribution is 2.35. The molecule has 0 saturated carbocycles. The summed E-state index contributed by atoms with van der Waals surface area (Å²) in [6.07, 6.45) is 5.13. The summed E-state index contributed by atoms with van der Waals surface area (Å²) in [6, 6.07) is 23.4. The van der Waals surface area contributed by atoms with Crippen LogP contribution in [0.25, 0.3) is 11.1 Å². The van der Waals surface area contributed by atoms with Gasteiger partial charge in [-0.15, -0.1) is 0 Å². The van der Waals surface area contributed by atoms with Crippen LogP contribution in [-0.4, -0.2) is 35.9 Å². The number of hydrogen-bond donors (Lipinski definition) is 2. The standard InChI is InChI=1S/C36H40N2O4/c1-5-19-41-31-17-9-15-29(35(31)39)23-37-21-27-13-7-11-25(3)33(27)34-26(4)12-8-14-28(34)22-38-24-30-16-10-18-32(36(30)40)42-20-6-2/h7-18,23-24,39-40H,5-6,19-22H2,1-4H3. The molecule has 42 heavy (non-hydrogen) atoms. The molecular formula is C36H40N2O4. The van der Waals surface area contributed by atoms with Crippen molar-refractivity contribution in [2.24, 2.45) is 9.98 Å². The van der Waals surface area contributed by atoms with Crippen molar-refractivity contribution >= 4 is 12.4 Å². The first-order valence-corrected chi connectivity index (χ1v) is 14.5. The average molecular weight is 565 g/mol. The third kappa shape index (κ3) is 7.38. The molecule has 4 aromatic carbocycles. The third-order valence-electron chi connectivity index (χ3n) is 6.94. The minimum atomic E-state index is 0.103. The minimum Gasteiger partial charge on any atom is -0.504 e. The van der Waals surface area contributed by atoms with Crippen LogP contribution in [0.15, 0.2) is 82.8 Å². The molecule has 2 N–H and O–H groups in total. The molecule has 0 atom stereocenters. The molecule has 0 heterocycles. The SMILES string of the molecule is CCCOc1cccc(C=NCc2cccc(C)c2-c2c(C)cccc2CN=Cc2cccc(OCCC)c2O)c1O. The van der Waals surface area contributed by atoms with Gasteiger partial charge in [0, 0.05) is 23.6 Å². The fraction of sp³-hybridized carbons (Fsp3) is 0.278. The van der Waals surface area contributed by atoms with Crippen LogP contribution >= 0.6 is 0 Å². The van der Waals surface area contributed by atoms with E-state index in [1.807, 2.05) is 50.2 Å². The number of phenols is 2. The predicted molar refractivity (Wildman–Crippen MR) is 172 cm³/mol. The van der Waals surface area contributed by atoms with Crippen molar-refractivity contribution < 1.29 is 19.7 Å². The van der Waals surface area contributed by atoms with Gasteiger partial charge in [-0.1, -0.05) is 62.4 Å². The molecule has 218 valence electrons. The van der Waals surface area contributed by atoms with Gasteiger partial charge in [-0.05, 0) is 84.3 Å². The zero-order valence-corrected chi connectivity index (χ0v) is 24.9. The van der Waals surface area contributed by atoms with E-state index in [0.29, 0.717) is 48.9 Å². The van der Waals surface area contributed by atoms with Crippen LogP contribution in [0, 0.1) is 13.8 Å². The summed E-state index contributed by atoms with van der Waals surface area (Å²) in [5.41, 5.74) is 7.99. The number of benzene rings is 4. The second-order valence-corrected chi connectivity index (χ2v) is 10.2. The van der Waals surface area contributed by atoms with Crippen LogP contribution < -0.4 is 9.47 Å². The van der Waals surface area contributed by atoms with Gasteiger partial charge in [-0.3, -0.25) is 9.98 Å². The molecule has 0 spiro atoms. The van der Waals surface area contributed by atoms with E-state index in [4.69, 9.17) is 19.5 Å². The van der Waals surface area contributed by atoms with Gasteiger partial charge in [0.25, 0.3) is 0 Å². The van der Waals surface area contributed by atoms with Gasteiger partial charge in [-0.2, -0.15) is 0 Å². The molecule has 6 nitrogen and oxygen atoms in total. The molecule has 0 aromatic heterocycles. The van der Waals surface area contributed by atoms with Gasteiger partial charge in [0.2, 0.25) is 0 Å². The zero-order chi connectivity index (χ0) is 29.9. The Morgan fingerprint density at radius 3 is 1.40 bits per heavy atom. The highest BCUT2D eigenvalue weighted by molar-refractivity contribution is 5.86. The second kappa shape index (κ2) is 14.9. The smallest absolute Gasteiger partial charge is 0.166 e. The van der Waals surface area contributed by atoms with Crippen molar-refractivity contribution in [1.82, 2.24) is 0 Å². The summed E-state index contributed by atoms with van der Waals surface area (Å²) in [4.78, 5) is 9.42. The maximum atomic E-state index is 10.6. The molecule has 0 fully saturated rings. The van der Waals surface area contributed by atoms with E-state index in [2.05, 4.69) is 38.1 Å². The molecule has 0 aliphatic heterocycles. The van der Waals surface area contributed by atoms with Crippen molar-refractivity contribution in [2.75, 3.05) is 13.2 Å². The molecule has 0 unspecified atom stereocenters. The van der Waals surface area contributed by atoms with Crippen LogP contribution in [0.2, 0.25) is 0 Å². The van der Waals surface area contributed by atoms with Crippen LogP contribution in [0.1, 0.15) is 60.1 Å². The molecule has 4 aromatic rings. The van der Waals surface area contributed by atoms with E-state index in [1.54, 1.807) is 24.6 Å². The molecule has 0 amide bonds. The number of aryl methyl sites for hydroxylation is 2. The lowest BCUT2D eigenvalue weighted by molar-refractivity contribution is 0.299. The van der Waals surface area contributed by atoms with Gasteiger partial charge < -0.3 is 19.7 Å². The Morgan fingerprint density at radius 2 is 1.00 bits per heavy atom. The molecule has 6 heteroatoms. The summed E-state index contributed by atoms with van der Waals surface area (Å²) in [5, 5.41) is 21.3. The van der Waals surface area contributed by atoms with E-state index in [9.17, 15) is 10.2 Å². The number of hydrogen-bond acceptors (Lipinski definition) is 6. The lowest BCUT2D eigenvalue weighted by Gasteiger charge is -2.17. The monoisotopic (exact) mass is 564 g/mol. The number of aliphatic imine (C=N–C) groups is 2. The molecule has 4 rings (SSSR count). The Balaban J connectivity index is 1.60. The van der Waals surface area contributed by atoms with E-state index in [-0.39, 0.29) is 11.5 Å². The lowest BCUT2D eigenvalue weighted by Crippen LogP contribution is -1.99. The Kier molecular flexibility index (Phi) is 10.8. The van der Waals surface area contributed by atoms with Crippen molar-refractivity contribution in [3.05, 3.63) is 106 Å². The number of rotatable bonds is 13. The molecule has 0 aliphatic carbocycles. The van der Waals surface area contributed by atoms with Gasteiger partial charge >= 0.3 is 0 Å². The Morgan fingerprint density at radius 1 is 0.595 bits per heavy atom. The van der Waals surface area contributed by atoms with E-state index < -0.39 is 0 Å². The van der Waals surface area contributed by atoms with Gasteiger partial charge in [0.15, 0.2) is 23.0 Å². The highest BCUT2D eigenvalue weighted by atomic mass is 16.5. The van der Waals surface area contributed by atoms with Crippen molar-refractivity contribution in [1.29, 1.82) is 0 Å². The Hall–Kier alpha value is -4.58. The van der Waals surface area contributed by atoms with E-state index >= 15 is 0 Å². The number of ether oxygens (including phenoxy) is 2. The number of phenolic OH excluding ortho intramolecular Hbond substituents is 2. The molecular weight excluding hydrogens is 524 g/mol. The van der Waals surface area contributed by atoms with Gasteiger partial charge in [0.05, 0.1) is 26.3 Å². The highest BCUT2D eigenvalue weighted by Gasteiger charge is 2.15. The predicted octanol–water partition coefficient (Wildman–Crippen LogP) is 8.20. The van der Waals surface area contributed by atoms with Crippen LogP contribution in [-0.2, 0) is 13.1 Å². The number of nitrogens with zero attached hydrogens (tertiary/aromatic N) is 2. The first-order valence-electron chi connectivity index (χ1n) is 14.5. The Labute approximate surface area is 249 Å². The van der Waals surface area contributed by atoms with E-state index in [1.165, 1.54) is 0 Å². The quantitative estimate of drug-likeness (QED) is 0.160. The third-order valence-corrected chi connectivity index (χ3v) is 6.94. The normalized spacial score (nSPS) is 11.4. The van der Waals surface area contributed by atoms with Crippen molar-refractivity contribution in [3.8, 4) is 34.1 Å². The lowest BCUT2D eigenvalue weighted by atomic mass is 9.88. The summed E-state index contributed by atoms with van der Waals surface area (Å²) >= 11 is 0. The molecule has 0 radical (unpaired) electrons. The molecule has 0 saturated heterocycles. The van der Waals surface area contributed by atoms with Crippen molar-refractivity contribution in [3.63, 3.8) is 0 Å². The summed E-state index contributed by atoms with van der Waals surface area (Å²) < 4.78 is 11.3. The topological polar surface area (TPSA) is 83.6 Å². The zero-order valence-electron chi connectivity index (χ0n) is 24.9. The summed E-state index contributed by atoms with van der Waals surface area (Å²) in [7, 11) is 0.